The van der Waals surface area contributed by atoms with Crippen LogP contribution >= 0.6 is 0 Å². The van der Waals surface area contributed by atoms with Crippen molar-refractivity contribution < 1.29 is 10.6 Å². The number of aliphatic hydroxyl groups is 1. The third-order valence-corrected chi connectivity index (χ3v) is 1.73. The summed E-state index contributed by atoms with van der Waals surface area (Å²) >= 11 is 0. The second-order valence-electron chi connectivity index (χ2n) is 2.81. The van der Waals surface area contributed by atoms with Crippen molar-refractivity contribution in [3.05, 3.63) is 0 Å². The molecule has 0 aromatic heterocycles. The molecule has 0 aromatic carbocycles. The Bertz CT molecular complexity index is 165. The number of rotatable bonds is 8. The molecule has 68 valence electrons. The van der Waals surface area contributed by atoms with Crippen molar-refractivity contribution in [3.8, 4) is 0 Å². The first kappa shape index (κ1) is 5.58. The van der Waals surface area contributed by atoms with Crippen molar-refractivity contribution in [1.29, 1.82) is 0 Å². The van der Waals surface area contributed by atoms with Crippen LogP contribution in [-0.2, 0) is 0 Å². The van der Waals surface area contributed by atoms with Crippen molar-refractivity contribution in [2.45, 2.75) is 58.2 Å². The van der Waals surface area contributed by atoms with Crippen LogP contribution in [0.2, 0.25) is 0 Å². The normalized spacial score (nSPS) is 18.4. The Morgan fingerprint density at radius 2 is 1.55 bits per heavy atom. The van der Waals surface area contributed by atoms with Crippen LogP contribution in [0.3, 0.4) is 0 Å². The second-order valence-corrected chi connectivity index (χ2v) is 2.81. The molecule has 0 amide bonds. The van der Waals surface area contributed by atoms with E-state index in [1.54, 1.807) is 0 Å². The van der Waals surface area contributed by atoms with Gasteiger partial charge in [0.2, 0.25) is 0 Å². The third kappa shape index (κ3) is 9.96. The van der Waals surface area contributed by atoms with Gasteiger partial charge in [-0.2, -0.15) is 0 Å². The molecule has 0 unspecified atom stereocenters. The summed E-state index contributed by atoms with van der Waals surface area (Å²) in [6.45, 7) is -0.588. The van der Waals surface area contributed by atoms with Gasteiger partial charge in [-0.1, -0.05) is 51.9 Å². The minimum absolute atomic E-state index is 0.0859. The molecule has 0 bridgehead atoms. The third-order valence-electron chi connectivity index (χ3n) is 1.73. The standard InChI is InChI=1S/C10H22O/c1-2-3-4-5-6-7-8-9-10-11/h11H,2-10H2,1H3/i9D2,10D2. The molecule has 0 aliphatic heterocycles. The number of hydrogen-bond donors (Lipinski definition) is 1. The zero-order chi connectivity index (χ0) is 11.9. The fraction of sp³-hybridized carbons (Fsp3) is 1.00. The Balaban J connectivity index is 3.58. The highest BCUT2D eigenvalue weighted by Gasteiger charge is 1.89. The molecule has 11 heavy (non-hydrogen) atoms. The van der Waals surface area contributed by atoms with Gasteiger partial charge in [0, 0.05) is 9.30 Å². The molecule has 0 saturated heterocycles. The predicted molar refractivity (Wildman–Crippen MR) is 49.7 cm³/mol. The Morgan fingerprint density at radius 1 is 1.00 bits per heavy atom. The molecular weight excluding hydrogens is 136 g/mol. The maximum atomic E-state index is 8.94. The minimum Gasteiger partial charge on any atom is -0.396 e. The summed E-state index contributed by atoms with van der Waals surface area (Å²) in [6, 6.07) is 0. The van der Waals surface area contributed by atoms with Crippen LogP contribution in [0.25, 0.3) is 0 Å². The van der Waals surface area contributed by atoms with E-state index >= 15 is 0 Å². The fourth-order valence-corrected chi connectivity index (χ4v) is 1.05. The minimum atomic E-state index is -2.73. The van der Waals surface area contributed by atoms with Crippen LogP contribution in [0.5, 0.6) is 0 Å². The largest absolute Gasteiger partial charge is 0.396 e. The van der Waals surface area contributed by atoms with Gasteiger partial charge in [-0.3, -0.25) is 0 Å². The maximum absolute atomic E-state index is 8.94. The van der Waals surface area contributed by atoms with Crippen LogP contribution in [0.15, 0.2) is 0 Å². The predicted octanol–water partition coefficient (Wildman–Crippen LogP) is 3.12. The molecular formula is C10H22O. The molecule has 0 rings (SSSR count). The van der Waals surface area contributed by atoms with E-state index in [1.165, 1.54) is 12.8 Å². The lowest BCUT2D eigenvalue weighted by Gasteiger charge is -1.98. The first-order valence-corrected chi connectivity index (χ1v) is 4.53. The first-order valence-electron chi connectivity index (χ1n) is 6.53. The number of hydrogen-bond acceptors (Lipinski definition) is 1. The highest BCUT2D eigenvalue weighted by atomic mass is 16.2. The van der Waals surface area contributed by atoms with E-state index in [2.05, 4.69) is 6.92 Å². The van der Waals surface area contributed by atoms with Crippen LogP contribution in [0.4, 0.5) is 0 Å². The maximum Gasteiger partial charge on any atom is 0.0564 e. The molecule has 0 saturated carbocycles. The number of unbranched alkanes of at least 4 members (excludes halogenated alkanes) is 5. The average Bonchev–Trinajstić information content (AvgIpc) is 2.09. The van der Waals surface area contributed by atoms with Crippen molar-refractivity contribution >= 4 is 0 Å². The molecule has 0 aromatic rings. The Labute approximate surface area is 76.4 Å². The van der Waals surface area contributed by atoms with Crippen molar-refractivity contribution in [2.75, 3.05) is 6.56 Å². The van der Waals surface area contributed by atoms with E-state index in [4.69, 9.17) is 10.6 Å². The molecule has 0 heterocycles. The average molecular weight is 162 g/mol. The lowest BCUT2D eigenvalue weighted by molar-refractivity contribution is 0.282. The molecule has 0 spiro atoms. The van der Waals surface area contributed by atoms with Gasteiger partial charge in [0.1, 0.15) is 0 Å². The topological polar surface area (TPSA) is 20.2 Å². The summed E-state index contributed by atoms with van der Waals surface area (Å²) in [5.41, 5.74) is 0. The summed E-state index contributed by atoms with van der Waals surface area (Å²) in [5, 5.41) is 8.94. The van der Waals surface area contributed by atoms with Crippen molar-refractivity contribution in [3.63, 3.8) is 0 Å². The van der Waals surface area contributed by atoms with E-state index in [-0.39, 0.29) is 6.42 Å². The first-order chi connectivity index (χ1) is 6.81. The van der Waals surface area contributed by atoms with Crippen molar-refractivity contribution in [1.82, 2.24) is 0 Å². The van der Waals surface area contributed by atoms with E-state index in [0.29, 0.717) is 6.42 Å². The van der Waals surface area contributed by atoms with Gasteiger partial charge in [0.15, 0.2) is 0 Å². The van der Waals surface area contributed by atoms with Gasteiger partial charge in [-0.25, -0.2) is 0 Å². The van der Waals surface area contributed by atoms with Gasteiger partial charge >= 0.3 is 0 Å². The molecule has 0 radical (unpaired) electrons. The summed E-state index contributed by atoms with van der Waals surface area (Å²) in [6.07, 6.45) is 4.12. The van der Waals surface area contributed by atoms with E-state index in [0.717, 1.165) is 19.3 Å². The summed E-state index contributed by atoms with van der Waals surface area (Å²) < 4.78 is 28.5. The molecule has 0 atom stereocenters. The summed E-state index contributed by atoms with van der Waals surface area (Å²) in [4.78, 5) is 0. The van der Waals surface area contributed by atoms with E-state index < -0.39 is 12.9 Å². The molecule has 0 aliphatic carbocycles. The van der Waals surface area contributed by atoms with Crippen LogP contribution in [0, 0.1) is 0 Å². The highest BCUT2D eigenvalue weighted by molar-refractivity contribution is 4.44. The zero-order valence-corrected chi connectivity index (χ0v) is 7.40. The van der Waals surface area contributed by atoms with E-state index in [1.807, 2.05) is 0 Å². The van der Waals surface area contributed by atoms with E-state index in [9.17, 15) is 0 Å². The van der Waals surface area contributed by atoms with Gasteiger partial charge in [-0.15, -0.1) is 0 Å². The Kier molecular flexibility index (Phi) is 5.05. The van der Waals surface area contributed by atoms with Gasteiger partial charge in [0.05, 0.1) is 2.74 Å². The quantitative estimate of drug-likeness (QED) is 0.544. The van der Waals surface area contributed by atoms with Crippen molar-refractivity contribution in [2.24, 2.45) is 0 Å². The molecule has 0 aliphatic rings. The van der Waals surface area contributed by atoms with Crippen LogP contribution in [-0.4, -0.2) is 11.7 Å². The monoisotopic (exact) mass is 162 g/mol. The summed E-state index contributed by atoms with van der Waals surface area (Å²) in [5.74, 6) is 0. The second kappa shape index (κ2) is 9.96. The lowest BCUT2D eigenvalue weighted by Crippen LogP contribution is -1.83. The lowest BCUT2D eigenvalue weighted by atomic mass is 10.1. The highest BCUT2D eigenvalue weighted by Crippen LogP contribution is 2.07. The van der Waals surface area contributed by atoms with Crippen LogP contribution in [0.1, 0.15) is 63.7 Å². The molecule has 1 nitrogen and oxygen atoms in total. The molecule has 1 heteroatoms. The van der Waals surface area contributed by atoms with Gasteiger partial charge in [-0.05, 0) is 6.37 Å². The fourth-order valence-electron chi connectivity index (χ4n) is 1.05. The smallest absolute Gasteiger partial charge is 0.0564 e. The van der Waals surface area contributed by atoms with Gasteiger partial charge < -0.3 is 5.11 Å². The SMILES string of the molecule is [2H]C([2H])(O)C([2H])([2H])CCCCCCCC. The Morgan fingerprint density at radius 3 is 2.09 bits per heavy atom. The van der Waals surface area contributed by atoms with Crippen LogP contribution < -0.4 is 0 Å². The molecule has 1 N–H and O–H groups in total. The summed E-state index contributed by atoms with van der Waals surface area (Å²) in [7, 11) is 0. The zero-order valence-electron chi connectivity index (χ0n) is 11.4. The Hall–Kier alpha value is -0.0400. The van der Waals surface area contributed by atoms with Gasteiger partial charge in [0.25, 0.3) is 0 Å². The molecule has 0 fully saturated rings.